The van der Waals surface area contributed by atoms with Crippen LogP contribution >= 0.6 is 12.6 Å². The number of nitrogens with one attached hydrogen (secondary N) is 3. The molecule has 1 fully saturated rings. The Labute approximate surface area is 53.2 Å². The molecule has 1 rings (SSSR count). The molecular weight excluding hydrogens is 126 g/mol. The molecule has 3 N–H and O–H groups in total. The average Bonchev–Trinajstić information content (AvgIpc) is 2.14. The second kappa shape index (κ2) is 2.65. The molecule has 0 aliphatic carbocycles. The summed E-state index contributed by atoms with van der Waals surface area (Å²) in [4.78, 5) is 0. The fraction of sp³-hybridized carbons (Fsp3) is 1.00. The summed E-state index contributed by atoms with van der Waals surface area (Å²) in [5, 5.41) is 10.3. The molecule has 1 heterocycles. The molecule has 0 aromatic rings. The van der Waals surface area contributed by atoms with Crippen LogP contribution in [0.2, 0.25) is 0 Å². The van der Waals surface area contributed by atoms with Gasteiger partial charge in [-0.05, 0) is 0 Å². The van der Waals surface area contributed by atoms with Crippen molar-refractivity contribution in [3.8, 4) is 0 Å². The van der Waals surface area contributed by atoms with E-state index in [1.54, 1.807) is 0 Å². The maximum atomic E-state index is 10.4. The summed E-state index contributed by atoms with van der Waals surface area (Å²) in [6.07, 6.45) is 0. The highest BCUT2D eigenvalue weighted by molar-refractivity contribution is 7.80. The number of hydrogen-bond donors (Lipinski definition) is 4. The molecule has 0 amide bonds. The minimum absolute atomic E-state index is 0.0796. The van der Waals surface area contributed by atoms with Crippen molar-refractivity contribution < 1.29 is 5.28 Å². The van der Waals surface area contributed by atoms with Crippen molar-refractivity contribution >= 4 is 12.6 Å². The summed E-state index contributed by atoms with van der Waals surface area (Å²) in [7, 11) is 0. The molecule has 1 aliphatic rings. The van der Waals surface area contributed by atoms with Crippen LogP contribution < -0.4 is 16.1 Å². The molecule has 0 saturated carbocycles. The summed E-state index contributed by atoms with van der Waals surface area (Å²) >= 11 is 4.00. The van der Waals surface area contributed by atoms with Gasteiger partial charge in [-0.25, -0.2) is 5.28 Å². The first-order valence-electron chi connectivity index (χ1n) is 2.48. The summed E-state index contributed by atoms with van der Waals surface area (Å²) in [6.45, 7) is 0.711. The summed E-state index contributed by atoms with van der Waals surface area (Å²) in [6, 6.07) is 0.228. The Morgan fingerprint density at radius 3 is 2.88 bits per heavy atom. The van der Waals surface area contributed by atoms with E-state index in [2.05, 4.69) is 23.5 Å². The van der Waals surface area contributed by atoms with Crippen molar-refractivity contribution in [1.82, 2.24) is 10.9 Å². The van der Waals surface area contributed by atoms with Crippen molar-refractivity contribution in [1.29, 1.82) is 0 Å². The number of rotatable bonds is 1. The number of thiol groups is 1. The van der Waals surface area contributed by atoms with E-state index in [9.17, 15) is 5.21 Å². The van der Waals surface area contributed by atoms with E-state index in [0.29, 0.717) is 12.3 Å². The Bertz CT molecular complexity index is 80.9. The largest absolute Gasteiger partial charge is 0.593 e. The van der Waals surface area contributed by atoms with Gasteiger partial charge in [0, 0.05) is 5.75 Å². The minimum Gasteiger partial charge on any atom is -0.593 e. The Kier molecular flexibility index (Phi) is 2.09. The third-order valence-corrected chi connectivity index (χ3v) is 1.51. The van der Waals surface area contributed by atoms with Crippen LogP contribution in [0.5, 0.6) is 0 Å². The molecule has 1 aliphatic heterocycles. The SMILES string of the molecule is [O-][NH+]1NC[C@@H](CS)N1. The smallest absolute Gasteiger partial charge is 0.0843 e. The zero-order valence-corrected chi connectivity index (χ0v) is 5.24. The van der Waals surface area contributed by atoms with Crippen LogP contribution in [0, 0.1) is 5.21 Å². The molecule has 8 heavy (non-hydrogen) atoms. The highest BCUT2D eigenvalue weighted by Crippen LogP contribution is 1.83. The maximum Gasteiger partial charge on any atom is 0.0843 e. The van der Waals surface area contributed by atoms with E-state index in [4.69, 9.17) is 0 Å². The first kappa shape index (κ1) is 6.31. The van der Waals surface area contributed by atoms with Crippen molar-refractivity contribution in [2.45, 2.75) is 6.04 Å². The van der Waals surface area contributed by atoms with Crippen molar-refractivity contribution in [3.63, 3.8) is 0 Å². The molecule has 0 radical (unpaired) electrons. The van der Waals surface area contributed by atoms with Gasteiger partial charge < -0.3 is 5.21 Å². The summed E-state index contributed by atoms with van der Waals surface area (Å²) in [5.41, 5.74) is 5.30. The van der Waals surface area contributed by atoms with Gasteiger partial charge in [0.05, 0.1) is 12.6 Å². The summed E-state index contributed by atoms with van der Waals surface area (Å²) in [5.74, 6) is 0.707. The zero-order valence-electron chi connectivity index (χ0n) is 4.35. The molecule has 4 nitrogen and oxygen atoms in total. The fourth-order valence-electron chi connectivity index (χ4n) is 0.614. The topological polar surface area (TPSA) is 51.6 Å². The van der Waals surface area contributed by atoms with E-state index in [-0.39, 0.29) is 11.3 Å². The second-order valence-corrected chi connectivity index (χ2v) is 2.10. The third kappa shape index (κ3) is 1.33. The Balaban J connectivity index is 2.22. The molecule has 0 aromatic carbocycles. The monoisotopic (exact) mass is 135 g/mol. The van der Waals surface area contributed by atoms with Crippen molar-refractivity contribution in [2.24, 2.45) is 0 Å². The van der Waals surface area contributed by atoms with Gasteiger partial charge in [0.1, 0.15) is 0 Å². The van der Waals surface area contributed by atoms with Crippen LogP contribution in [-0.4, -0.2) is 18.3 Å². The van der Waals surface area contributed by atoms with Crippen LogP contribution in [0.4, 0.5) is 0 Å². The molecule has 48 valence electrons. The molecule has 0 aromatic heterocycles. The van der Waals surface area contributed by atoms with E-state index < -0.39 is 0 Å². The number of quaternary nitrogens is 1. The van der Waals surface area contributed by atoms with E-state index in [1.807, 2.05) is 0 Å². The van der Waals surface area contributed by atoms with Gasteiger partial charge in [-0.3, -0.25) is 0 Å². The Morgan fingerprint density at radius 1 is 1.88 bits per heavy atom. The highest BCUT2D eigenvalue weighted by Gasteiger charge is 2.17. The quantitative estimate of drug-likeness (QED) is 0.241. The average molecular weight is 135 g/mol. The van der Waals surface area contributed by atoms with Crippen LogP contribution in [0.25, 0.3) is 0 Å². The Morgan fingerprint density at radius 2 is 2.62 bits per heavy atom. The standard InChI is InChI=1S/C3H9N3OS/c7-6-4-1-3(2-8)5-6/h3-6,8H,1-2H2/t3-/m0/s1. The number of hydrogen-bond acceptors (Lipinski definition) is 4. The minimum atomic E-state index is -0.0796. The first-order valence-corrected chi connectivity index (χ1v) is 3.11. The van der Waals surface area contributed by atoms with Gasteiger partial charge in [0.15, 0.2) is 0 Å². The van der Waals surface area contributed by atoms with E-state index >= 15 is 0 Å². The van der Waals surface area contributed by atoms with E-state index in [0.717, 1.165) is 0 Å². The highest BCUT2D eigenvalue weighted by atomic mass is 32.1. The van der Waals surface area contributed by atoms with Gasteiger partial charge in [-0.1, -0.05) is 0 Å². The van der Waals surface area contributed by atoms with Gasteiger partial charge in [0.2, 0.25) is 0 Å². The molecule has 1 unspecified atom stereocenters. The maximum absolute atomic E-state index is 10.4. The molecule has 0 bridgehead atoms. The van der Waals surface area contributed by atoms with Gasteiger partial charge >= 0.3 is 0 Å². The molecule has 2 atom stereocenters. The lowest BCUT2D eigenvalue weighted by Crippen LogP contribution is -3.17. The van der Waals surface area contributed by atoms with Crippen LogP contribution in [0.3, 0.4) is 0 Å². The molecule has 0 spiro atoms. The van der Waals surface area contributed by atoms with Crippen LogP contribution in [-0.2, 0) is 0 Å². The Hall–Kier alpha value is 0.190. The summed E-state index contributed by atoms with van der Waals surface area (Å²) < 4.78 is 0. The van der Waals surface area contributed by atoms with Crippen LogP contribution in [0.1, 0.15) is 0 Å². The van der Waals surface area contributed by atoms with E-state index in [1.165, 1.54) is 0 Å². The lowest BCUT2D eigenvalue weighted by atomic mass is 10.4. The second-order valence-electron chi connectivity index (χ2n) is 1.73. The lowest BCUT2D eigenvalue weighted by Gasteiger charge is -2.12. The predicted molar refractivity (Wildman–Crippen MR) is 33.1 cm³/mol. The van der Waals surface area contributed by atoms with Gasteiger partial charge in [0.25, 0.3) is 0 Å². The normalized spacial score (nSPS) is 38.2. The molecule has 1 saturated heterocycles. The van der Waals surface area contributed by atoms with Crippen molar-refractivity contribution in [3.05, 3.63) is 5.21 Å². The third-order valence-electron chi connectivity index (χ3n) is 1.06. The molecular formula is C3H9N3OS. The van der Waals surface area contributed by atoms with Gasteiger partial charge in [-0.15, -0.1) is 10.9 Å². The van der Waals surface area contributed by atoms with Crippen LogP contribution in [0.15, 0.2) is 0 Å². The zero-order chi connectivity index (χ0) is 5.98. The lowest BCUT2D eigenvalue weighted by molar-refractivity contribution is -0.927. The first-order chi connectivity index (χ1) is 3.83. The fourth-order valence-corrected chi connectivity index (χ4v) is 0.834. The predicted octanol–water partition coefficient (Wildman–Crippen LogP) is -2.31. The van der Waals surface area contributed by atoms with Gasteiger partial charge in [-0.2, -0.15) is 12.6 Å². The van der Waals surface area contributed by atoms with Crippen molar-refractivity contribution in [2.75, 3.05) is 12.3 Å². The molecule has 5 heteroatoms.